The Hall–Kier alpha value is -1.11. The maximum Gasteiger partial charge on any atom is 0.191 e. The molecule has 1 heterocycles. The van der Waals surface area contributed by atoms with Crippen molar-refractivity contribution in [3.05, 3.63) is 34.3 Å². The van der Waals surface area contributed by atoms with Gasteiger partial charge >= 0.3 is 0 Å². The lowest BCUT2D eigenvalue weighted by Crippen LogP contribution is -2.49. The Labute approximate surface area is 165 Å². The second-order valence-electron chi connectivity index (χ2n) is 7.20. The molecule has 26 heavy (non-hydrogen) atoms. The van der Waals surface area contributed by atoms with Crippen LogP contribution in [0.1, 0.15) is 37.7 Å². The van der Waals surface area contributed by atoms with E-state index in [0.29, 0.717) is 0 Å². The summed E-state index contributed by atoms with van der Waals surface area (Å²) in [7, 11) is 1.83. The highest BCUT2D eigenvalue weighted by atomic mass is 79.9. The molecule has 1 saturated carbocycles. The molecule has 6 heteroatoms. The van der Waals surface area contributed by atoms with E-state index in [0.717, 1.165) is 56.2 Å². The van der Waals surface area contributed by atoms with Crippen molar-refractivity contribution in [2.45, 2.75) is 43.6 Å². The zero-order valence-corrected chi connectivity index (χ0v) is 17.2. The van der Waals surface area contributed by atoms with E-state index in [1.807, 2.05) is 7.05 Å². The summed E-state index contributed by atoms with van der Waals surface area (Å²) in [6, 6.07) is 8.76. The van der Waals surface area contributed by atoms with Crippen molar-refractivity contribution in [1.82, 2.24) is 10.6 Å². The minimum absolute atomic E-state index is 0.240. The summed E-state index contributed by atoms with van der Waals surface area (Å²) >= 11 is 3.53. The average molecular weight is 424 g/mol. The molecule has 1 aromatic rings. The van der Waals surface area contributed by atoms with Gasteiger partial charge in [0.2, 0.25) is 0 Å². The first-order valence-corrected chi connectivity index (χ1v) is 10.4. The molecule has 0 radical (unpaired) electrons. The van der Waals surface area contributed by atoms with Crippen molar-refractivity contribution in [3.8, 4) is 0 Å². The van der Waals surface area contributed by atoms with E-state index in [9.17, 15) is 0 Å². The summed E-state index contributed by atoms with van der Waals surface area (Å²) in [5, 5.41) is 6.92. The molecule has 0 amide bonds. The van der Waals surface area contributed by atoms with E-state index in [-0.39, 0.29) is 11.5 Å². The van der Waals surface area contributed by atoms with Crippen LogP contribution in [-0.2, 0) is 14.9 Å². The molecular formula is C20H30BrN3O2. The van der Waals surface area contributed by atoms with Crippen LogP contribution >= 0.6 is 15.9 Å². The van der Waals surface area contributed by atoms with E-state index in [2.05, 4.69) is 55.8 Å². The van der Waals surface area contributed by atoms with Gasteiger partial charge in [-0.3, -0.25) is 4.99 Å². The number of aliphatic imine (C=N–C) groups is 1. The number of benzene rings is 1. The minimum atomic E-state index is 0.240. The fourth-order valence-electron chi connectivity index (χ4n) is 3.62. The van der Waals surface area contributed by atoms with Gasteiger partial charge in [0.15, 0.2) is 5.96 Å². The van der Waals surface area contributed by atoms with Crippen LogP contribution < -0.4 is 10.6 Å². The first-order chi connectivity index (χ1) is 12.7. The Morgan fingerprint density at radius 1 is 1.31 bits per heavy atom. The zero-order chi connectivity index (χ0) is 18.2. The van der Waals surface area contributed by atoms with Gasteiger partial charge in [-0.25, -0.2) is 0 Å². The summed E-state index contributed by atoms with van der Waals surface area (Å²) in [5.41, 5.74) is 1.66. The summed E-state index contributed by atoms with van der Waals surface area (Å²) in [6.45, 7) is 4.12. The lowest BCUT2D eigenvalue weighted by atomic mass is 9.64. The molecule has 1 aliphatic heterocycles. The summed E-state index contributed by atoms with van der Waals surface area (Å²) < 4.78 is 12.2. The molecule has 3 rings (SSSR count). The van der Waals surface area contributed by atoms with Gasteiger partial charge in [-0.15, -0.1) is 0 Å². The van der Waals surface area contributed by atoms with Gasteiger partial charge in [0, 0.05) is 43.2 Å². The number of hydrogen-bond donors (Lipinski definition) is 2. The largest absolute Gasteiger partial charge is 0.379 e. The Morgan fingerprint density at radius 3 is 2.73 bits per heavy atom. The highest BCUT2D eigenvalue weighted by Crippen LogP contribution is 2.43. The maximum atomic E-state index is 5.80. The molecule has 1 aromatic carbocycles. The molecule has 0 spiro atoms. The van der Waals surface area contributed by atoms with Crippen LogP contribution in [0, 0.1) is 0 Å². The number of hydrogen-bond acceptors (Lipinski definition) is 3. The first kappa shape index (κ1) is 19.6. The molecule has 1 unspecified atom stereocenters. The van der Waals surface area contributed by atoms with Gasteiger partial charge in [0.05, 0.1) is 12.7 Å². The fraction of sp³-hybridized carbons (Fsp3) is 0.650. The van der Waals surface area contributed by atoms with Gasteiger partial charge < -0.3 is 20.1 Å². The van der Waals surface area contributed by atoms with Crippen LogP contribution in [0.25, 0.3) is 0 Å². The second-order valence-corrected chi connectivity index (χ2v) is 8.12. The normalized spacial score (nSPS) is 22.1. The van der Waals surface area contributed by atoms with E-state index in [1.54, 1.807) is 0 Å². The van der Waals surface area contributed by atoms with Crippen LogP contribution in [-0.4, -0.2) is 52.0 Å². The standard InChI is InChI=1S/C20H30BrN3O2/c1-22-19(23-11-3-12-26-18-8-13-25-14-18)24-15-20(9-2-10-20)16-4-6-17(21)7-5-16/h4-7,18H,2-3,8-15H2,1H3,(H2,22,23,24). The summed E-state index contributed by atoms with van der Waals surface area (Å²) in [4.78, 5) is 4.36. The van der Waals surface area contributed by atoms with Gasteiger partial charge in [-0.2, -0.15) is 0 Å². The van der Waals surface area contributed by atoms with Crippen molar-refractivity contribution >= 4 is 21.9 Å². The van der Waals surface area contributed by atoms with E-state index < -0.39 is 0 Å². The van der Waals surface area contributed by atoms with Crippen molar-refractivity contribution in [2.24, 2.45) is 4.99 Å². The molecule has 1 atom stereocenters. The minimum Gasteiger partial charge on any atom is -0.379 e. The van der Waals surface area contributed by atoms with E-state index in [1.165, 1.54) is 24.8 Å². The summed E-state index contributed by atoms with van der Waals surface area (Å²) in [5.74, 6) is 0.873. The van der Waals surface area contributed by atoms with Gasteiger partial charge in [0.25, 0.3) is 0 Å². The van der Waals surface area contributed by atoms with E-state index >= 15 is 0 Å². The van der Waals surface area contributed by atoms with Gasteiger partial charge in [0.1, 0.15) is 0 Å². The molecule has 5 nitrogen and oxygen atoms in total. The Kier molecular flexibility index (Phi) is 7.34. The Balaban J connectivity index is 1.39. The molecule has 1 saturated heterocycles. The molecule has 0 aromatic heterocycles. The van der Waals surface area contributed by atoms with Gasteiger partial charge in [-0.1, -0.05) is 34.5 Å². The number of rotatable bonds is 8. The van der Waals surface area contributed by atoms with Gasteiger partial charge in [-0.05, 0) is 43.4 Å². The zero-order valence-electron chi connectivity index (χ0n) is 15.6. The van der Waals surface area contributed by atoms with Crippen LogP contribution in [0.15, 0.2) is 33.7 Å². The molecular weight excluding hydrogens is 394 g/mol. The molecule has 144 valence electrons. The number of ether oxygens (including phenoxy) is 2. The number of nitrogens with one attached hydrogen (secondary N) is 2. The lowest BCUT2D eigenvalue weighted by Gasteiger charge is -2.43. The highest BCUT2D eigenvalue weighted by molar-refractivity contribution is 9.10. The third kappa shape index (κ3) is 5.21. The molecule has 2 N–H and O–H groups in total. The second kappa shape index (κ2) is 9.72. The fourth-order valence-corrected chi connectivity index (χ4v) is 3.89. The monoisotopic (exact) mass is 423 g/mol. The lowest BCUT2D eigenvalue weighted by molar-refractivity contribution is 0.0420. The van der Waals surface area contributed by atoms with Crippen molar-refractivity contribution in [2.75, 3.05) is 40.0 Å². The molecule has 1 aliphatic carbocycles. The van der Waals surface area contributed by atoms with Crippen LogP contribution in [0.2, 0.25) is 0 Å². The average Bonchev–Trinajstić information content (AvgIpc) is 3.13. The topological polar surface area (TPSA) is 54.9 Å². The number of nitrogens with zero attached hydrogens (tertiary/aromatic N) is 1. The van der Waals surface area contributed by atoms with E-state index in [4.69, 9.17) is 9.47 Å². The smallest absolute Gasteiger partial charge is 0.191 e. The quantitative estimate of drug-likeness (QED) is 0.382. The Morgan fingerprint density at radius 2 is 2.12 bits per heavy atom. The van der Waals surface area contributed by atoms with Crippen molar-refractivity contribution in [1.29, 1.82) is 0 Å². The van der Waals surface area contributed by atoms with Crippen LogP contribution in [0.5, 0.6) is 0 Å². The third-order valence-electron chi connectivity index (χ3n) is 5.44. The predicted molar refractivity (Wildman–Crippen MR) is 109 cm³/mol. The van der Waals surface area contributed by atoms with Crippen LogP contribution in [0.4, 0.5) is 0 Å². The first-order valence-electron chi connectivity index (χ1n) is 9.62. The SMILES string of the molecule is CN=C(NCCCOC1CCOC1)NCC1(c2ccc(Br)cc2)CCC1. The highest BCUT2D eigenvalue weighted by Gasteiger charge is 2.38. The Bertz CT molecular complexity index is 581. The summed E-state index contributed by atoms with van der Waals surface area (Å²) in [6.07, 6.45) is 6.04. The third-order valence-corrected chi connectivity index (χ3v) is 5.97. The predicted octanol–water partition coefficient (Wildman–Crippen LogP) is 3.23. The molecule has 2 aliphatic rings. The molecule has 0 bridgehead atoms. The number of halogens is 1. The van der Waals surface area contributed by atoms with Crippen LogP contribution in [0.3, 0.4) is 0 Å². The van der Waals surface area contributed by atoms with Crippen molar-refractivity contribution < 1.29 is 9.47 Å². The molecule has 2 fully saturated rings. The maximum absolute atomic E-state index is 5.80. The number of guanidine groups is 1. The van der Waals surface area contributed by atoms with Crippen molar-refractivity contribution in [3.63, 3.8) is 0 Å².